The van der Waals surface area contributed by atoms with Crippen molar-refractivity contribution in [2.75, 3.05) is 0 Å². The van der Waals surface area contributed by atoms with Gasteiger partial charge in [0.25, 0.3) is 0 Å². The second kappa shape index (κ2) is 16.3. The molecule has 0 amide bonds. The van der Waals surface area contributed by atoms with Crippen molar-refractivity contribution in [1.82, 2.24) is 29.9 Å². The number of hydrogen-bond acceptors (Lipinski definition) is 6. The van der Waals surface area contributed by atoms with Crippen molar-refractivity contribution in [2.24, 2.45) is 0 Å². The summed E-state index contributed by atoms with van der Waals surface area (Å²) < 4.78 is 0. The lowest BCUT2D eigenvalue weighted by atomic mass is 9.90. The number of aromatic nitrogens is 6. The highest BCUT2D eigenvalue weighted by Gasteiger charge is 2.21. The molecule has 3 heterocycles. The zero-order chi connectivity index (χ0) is 45.0. The van der Waals surface area contributed by atoms with Crippen molar-refractivity contribution in [3.05, 3.63) is 231 Å². The van der Waals surface area contributed by atoms with Crippen molar-refractivity contribution in [1.29, 1.82) is 0 Å². The van der Waals surface area contributed by atoms with Gasteiger partial charge in [-0.25, -0.2) is 29.9 Å². The number of nitrogens with zero attached hydrogens (tertiary/aromatic N) is 6. The van der Waals surface area contributed by atoms with E-state index in [4.69, 9.17) is 29.9 Å². The summed E-state index contributed by atoms with van der Waals surface area (Å²) in [6, 6.07) is 79.9. The molecule has 316 valence electrons. The van der Waals surface area contributed by atoms with Crippen LogP contribution in [0.25, 0.3) is 133 Å². The summed E-state index contributed by atoms with van der Waals surface area (Å²) in [7, 11) is 0. The molecule has 0 aliphatic heterocycles. The maximum absolute atomic E-state index is 5.45. The molecule has 3 aromatic heterocycles. The number of pyridine rings is 1. The summed E-state index contributed by atoms with van der Waals surface area (Å²) in [6.45, 7) is 0. The first-order valence-electron chi connectivity index (χ1n) is 22.8. The Morgan fingerprint density at radius 3 is 1.25 bits per heavy atom. The molecule has 0 saturated heterocycles. The van der Waals surface area contributed by atoms with Crippen LogP contribution in [0.1, 0.15) is 0 Å². The van der Waals surface area contributed by atoms with E-state index < -0.39 is 0 Å². The molecule has 10 aromatic carbocycles. The van der Waals surface area contributed by atoms with Crippen LogP contribution in [-0.2, 0) is 0 Å². The van der Waals surface area contributed by atoms with E-state index in [0.29, 0.717) is 23.3 Å². The van der Waals surface area contributed by atoms with E-state index >= 15 is 0 Å². The average Bonchev–Trinajstić information content (AvgIpc) is 3.42. The molecule has 0 radical (unpaired) electrons. The van der Waals surface area contributed by atoms with Gasteiger partial charge in [-0.2, -0.15) is 0 Å². The number of hydrogen-bond donors (Lipinski definition) is 0. The van der Waals surface area contributed by atoms with E-state index in [1.165, 1.54) is 16.2 Å². The molecule has 13 aromatic rings. The Kier molecular flexibility index (Phi) is 9.39. The van der Waals surface area contributed by atoms with Crippen molar-refractivity contribution in [2.45, 2.75) is 0 Å². The minimum Gasteiger partial charge on any atom is -0.245 e. The van der Waals surface area contributed by atoms with Gasteiger partial charge >= 0.3 is 0 Å². The molecule has 6 nitrogen and oxygen atoms in total. The van der Waals surface area contributed by atoms with E-state index in [9.17, 15) is 0 Å². The van der Waals surface area contributed by atoms with Gasteiger partial charge in [-0.1, -0.05) is 206 Å². The van der Waals surface area contributed by atoms with Crippen LogP contribution in [0.15, 0.2) is 231 Å². The van der Waals surface area contributed by atoms with Crippen LogP contribution in [0.3, 0.4) is 0 Å². The first kappa shape index (κ1) is 39.1. The Morgan fingerprint density at radius 1 is 0.235 bits per heavy atom. The van der Waals surface area contributed by atoms with Crippen LogP contribution in [0.4, 0.5) is 0 Å². The maximum Gasteiger partial charge on any atom is 0.164 e. The van der Waals surface area contributed by atoms with Crippen LogP contribution in [0.2, 0.25) is 0 Å². The lowest BCUT2D eigenvalue weighted by molar-refractivity contribution is 1.08. The highest BCUT2D eigenvalue weighted by molar-refractivity contribution is 6.22. The topological polar surface area (TPSA) is 77.3 Å². The lowest BCUT2D eigenvalue weighted by Gasteiger charge is -2.17. The standard InChI is InChI=1S/C62H38N6/c1-4-19-40(20-5-1)55-38-56(58-53-33-32-39-18-10-11-25-43(39)57(53)52-30-16-17-31-54(52)63-58)65-61(64-55)50-36-34-48(44-26-12-14-28-46(44)50)49-35-37-51(47-29-15-13-27-45(47)49)62-67-59(41-21-6-2-7-22-41)66-60(68-62)42-23-8-3-9-24-42/h1-38H. The Balaban J connectivity index is 0.993. The third-order valence-electron chi connectivity index (χ3n) is 12.9. The first-order valence-corrected chi connectivity index (χ1v) is 22.8. The fourth-order valence-corrected chi connectivity index (χ4v) is 9.75. The first-order chi connectivity index (χ1) is 33.7. The smallest absolute Gasteiger partial charge is 0.164 e. The molecule has 6 heteroatoms. The summed E-state index contributed by atoms with van der Waals surface area (Å²) in [6.07, 6.45) is 0. The second-order valence-electron chi connectivity index (χ2n) is 17.0. The van der Waals surface area contributed by atoms with Gasteiger partial charge in [0.15, 0.2) is 23.3 Å². The molecule has 0 N–H and O–H groups in total. The highest BCUT2D eigenvalue weighted by atomic mass is 15.0. The molecule has 0 aliphatic rings. The molecule has 0 spiro atoms. The number of para-hydroxylation sites is 1. The monoisotopic (exact) mass is 866 g/mol. The van der Waals surface area contributed by atoms with E-state index in [1.54, 1.807) is 0 Å². The number of rotatable bonds is 7. The second-order valence-corrected chi connectivity index (χ2v) is 17.0. The highest BCUT2D eigenvalue weighted by Crippen LogP contribution is 2.42. The molecule has 0 unspecified atom stereocenters. The zero-order valence-electron chi connectivity index (χ0n) is 36.6. The van der Waals surface area contributed by atoms with Crippen molar-refractivity contribution < 1.29 is 0 Å². The van der Waals surface area contributed by atoms with E-state index in [-0.39, 0.29) is 0 Å². The molecular formula is C62H38N6. The van der Waals surface area contributed by atoms with Gasteiger partial charge in [-0.05, 0) is 67.7 Å². The Bertz CT molecular complexity index is 4010. The van der Waals surface area contributed by atoms with Gasteiger partial charge in [-0.3, -0.25) is 0 Å². The Labute approximate surface area is 392 Å². The van der Waals surface area contributed by atoms with Gasteiger partial charge < -0.3 is 0 Å². The summed E-state index contributed by atoms with van der Waals surface area (Å²) in [4.78, 5) is 31.3. The van der Waals surface area contributed by atoms with Crippen molar-refractivity contribution in [3.8, 4) is 79.3 Å². The van der Waals surface area contributed by atoms with Crippen molar-refractivity contribution >= 4 is 54.0 Å². The van der Waals surface area contributed by atoms with Gasteiger partial charge in [0, 0.05) is 44.0 Å². The van der Waals surface area contributed by atoms with E-state index in [0.717, 1.165) is 93.9 Å². The third kappa shape index (κ3) is 6.74. The molecule has 13 rings (SSSR count). The molecule has 0 fully saturated rings. The van der Waals surface area contributed by atoms with Gasteiger partial charge in [0.05, 0.1) is 22.6 Å². The van der Waals surface area contributed by atoms with Crippen LogP contribution in [-0.4, -0.2) is 29.9 Å². The third-order valence-corrected chi connectivity index (χ3v) is 12.9. The Morgan fingerprint density at radius 2 is 0.662 bits per heavy atom. The zero-order valence-corrected chi connectivity index (χ0v) is 36.6. The SMILES string of the molecule is c1ccc(-c2cc(-c3nc4ccccc4c4c3ccc3ccccc34)nc(-c3ccc(-c4ccc(-c5nc(-c6ccccc6)nc(-c6ccccc6)n5)c5ccccc45)c4ccccc34)n2)cc1. The van der Waals surface area contributed by atoms with Gasteiger partial charge in [0.1, 0.15) is 0 Å². The van der Waals surface area contributed by atoms with E-state index in [1.807, 2.05) is 66.7 Å². The summed E-state index contributed by atoms with van der Waals surface area (Å²) in [5, 5.41) is 9.99. The molecular weight excluding hydrogens is 829 g/mol. The minimum absolute atomic E-state index is 0.619. The lowest BCUT2D eigenvalue weighted by Crippen LogP contribution is -2.01. The maximum atomic E-state index is 5.45. The summed E-state index contributed by atoms with van der Waals surface area (Å²) in [5.41, 5.74) is 10.3. The van der Waals surface area contributed by atoms with Crippen LogP contribution in [0, 0.1) is 0 Å². The van der Waals surface area contributed by atoms with Gasteiger partial charge in [0.2, 0.25) is 0 Å². The molecule has 0 aliphatic carbocycles. The molecule has 0 atom stereocenters. The fourth-order valence-electron chi connectivity index (χ4n) is 9.75. The van der Waals surface area contributed by atoms with Crippen molar-refractivity contribution in [3.63, 3.8) is 0 Å². The van der Waals surface area contributed by atoms with Crippen LogP contribution >= 0.6 is 0 Å². The van der Waals surface area contributed by atoms with Gasteiger partial charge in [-0.15, -0.1) is 0 Å². The summed E-state index contributed by atoms with van der Waals surface area (Å²) in [5.74, 6) is 2.51. The predicted octanol–water partition coefficient (Wildman–Crippen LogP) is 15.5. The quantitative estimate of drug-likeness (QED) is 0.149. The average molecular weight is 867 g/mol. The minimum atomic E-state index is 0.619. The number of benzene rings is 10. The molecule has 0 saturated carbocycles. The Hall–Kier alpha value is -9.26. The molecule has 68 heavy (non-hydrogen) atoms. The van der Waals surface area contributed by atoms with E-state index in [2.05, 4.69) is 164 Å². The fraction of sp³-hybridized carbons (Fsp3) is 0. The van der Waals surface area contributed by atoms with Crippen LogP contribution in [0.5, 0.6) is 0 Å². The normalized spacial score (nSPS) is 11.5. The predicted molar refractivity (Wildman–Crippen MR) is 279 cm³/mol. The number of fused-ring (bicyclic) bond motifs is 7. The summed E-state index contributed by atoms with van der Waals surface area (Å²) >= 11 is 0. The molecule has 0 bridgehead atoms. The van der Waals surface area contributed by atoms with Crippen LogP contribution < -0.4 is 0 Å². The largest absolute Gasteiger partial charge is 0.245 e.